The average molecular weight is 490 g/mol. The first-order valence-corrected chi connectivity index (χ1v) is 12.1. The molecule has 1 atom stereocenters. The highest BCUT2D eigenvalue weighted by atomic mass is 32.2. The van der Waals surface area contributed by atoms with Crippen LogP contribution in [-0.4, -0.2) is 123 Å². The average Bonchev–Trinajstić information content (AvgIpc) is 2.70. The summed E-state index contributed by atoms with van der Waals surface area (Å²) < 4.78 is 61.0. The number of amides is 1. The van der Waals surface area contributed by atoms with Crippen molar-refractivity contribution in [1.29, 1.82) is 0 Å². The normalized spacial score (nSPS) is 24.4. The first-order valence-electron chi connectivity index (χ1n) is 10.3. The number of hydrogen-bond donors (Lipinski definition) is 1. The van der Waals surface area contributed by atoms with E-state index >= 15 is 0 Å². The van der Waals surface area contributed by atoms with Crippen LogP contribution in [0, 0.1) is 0 Å². The summed E-state index contributed by atoms with van der Waals surface area (Å²) in [7, 11) is -0.988. The molecule has 3 heterocycles. The Labute approximate surface area is 185 Å². The van der Waals surface area contributed by atoms with E-state index in [0.29, 0.717) is 32.8 Å². The molecule has 3 saturated heterocycles. The predicted molar refractivity (Wildman–Crippen MR) is 106 cm³/mol. The number of nitrogens with zero attached hydrogens (tertiary/aromatic N) is 3. The number of hydrogen-bond acceptors (Lipinski definition) is 8. The fraction of sp³-hybridized carbons (Fsp3) is 0.889. The summed E-state index contributed by atoms with van der Waals surface area (Å²) in [5.41, 5.74) is -0.274. The number of morpholine rings is 1. The van der Waals surface area contributed by atoms with Gasteiger partial charge < -0.3 is 9.84 Å². The van der Waals surface area contributed by atoms with E-state index in [2.05, 4.69) is 4.90 Å². The molecule has 1 amide bonds. The monoisotopic (exact) mass is 489 g/mol. The Morgan fingerprint density at radius 3 is 2.28 bits per heavy atom. The fourth-order valence-corrected chi connectivity index (χ4v) is 4.55. The van der Waals surface area contributed by atoms with Crippen LogP contribution in [0.3, 0.4) is 0 Å². The number of carboxylic acids is 1. The highest BCUT2D eigenvalue weighted by molar-refractivity contribution is 7.91. The smallest absolute Gasteiger partial charge is 0.475 e. The first-order chi connectivity index (χ1) is 14.8. The van der Waals surface area contributed by atoms with Gasteiger partial charge in [-0.2, -0.15) is 13.2 Å². The van der Waals surface area contributed by atoms with Crippen molar-refractivity contribution in [2.24, 2.45) is 0 Å². The Bertz CT molecular complexity index is 766. The third kappa shape index (κ3) is 7.27. The van der Waals surface area contributed by atoms with Crippen LogP contribution in [-0.2, 0) is 29.0 Å². The van der Waals surface area contributed by atoms with E-state index in [1.807, 2.05) is 11.9 Å². The minimum absolute atomic E-state index is 0.0257. The predicted octanol–water partition coefficient (Wildman–Crippen LogP) is -0.00660. The lowest BCUT2D eigenvalue weighted by Gasteiger charge is -2.55. The molecule has 0 radical (unpaired) electrons. The van der Waals surface area contributed by atoms with Crippen LogP contribution >= 0.6 is 0 Å². The molecular weight excluding hydrogens is 459 g/mol. The van der Waals surface area contributed by atoms with Gasteiger partial charge in [-0.15, -0.1) is 0 Å². The zero-order chi connectivity index (χ0) is 24.2. The molecule has 1 spiro atoms. The van der Waals surface area contributed by atoms with Gasteiger partial charge in [-0.05, 0) is 19.9 Å². The van der Waals surface area contributed by atoms with Crippen LogP contribution in [0.5, 0.6) is 0 Å². The number of ether oxygens (including phenoxy) is 1. The summed E-state index contributed by atoms with van der Waals surface area (Å²) in [6.45, 7) is 5.95. The summed E-state index contributed by atoms with van der Waals surface area (Å²) in [6.07, 6.45) is -3.12. The molecule has 186 valence electrons. The number of carbonyl (C=O) groups excluding carboxylic acids is 1. The van der Waals surface area contributed by atoms with Crippen LogP contribution in [0.4, 0.5) is 13.2 Å². The molecule has 0 bridgehead atoms. The zero-order valence-corrected chi connectivity index (χ0v) is 19.0. The Hall–Kier alpha value is -1.48. The Kier molecular flexibility index (Phi) is 8.90. The van der Waals surface area contributed by atoms with Gasteiger partial charge in [-0.3, -0.25) is 19.4 Å². The van der Waals surface area contributed by atoms with Gasteiger partial charge in [0.15, 0.2) is 9.84 Å². The van der Waals surface area contributed by atoms with Gasteiger partial charge >= 0.3 is 12.1 Å². The van der Waals surface area contributed by atoms with Gasteiger partial charge in [-0.25, -0.2) is 18.3 Å². The molecule has 0 aromatic carbocycles. The minimum atomic E-state index is -5.08. The van der Waals surface area contributed by atoms with Crippen LogP contribution < -0.4 is 0 Å². The van der Waals surface area contributed by atoms with E-state index < -0.39 is 22.0 Å². The van der Waals surface area contributed by atoms with Crippen molar-refractivity contribution in [1.82, 2.24) is 14.9 Å². The molecule has 3 fully saturated rings. The van der Waals surface area contributed by atoms with E-state index in [9.17, 15) is 26.4 Å². The Balaban J connectivity index is 0.000000451. The molecule has 1 N–H and O–H groups in total. The molecule has 10 nitrogen and oxygen atoms in total. The number of halogens is 3. The number of alkyl halides is 3. The molecule has 14 heteroatoms. The van der Waals surface area contributed by atoms with Gasteiger partial charge in [-0.1, -0.05) is 6.92 Å². The van der Waals surface area contributed by atoms with Gasteiger partial charge in [0.2, 0.25) is 0 Å². The minimum Gasteiger partial charge on any atom is -0.475 e. The van der Waals surface area contributed by atoms with Crippen molar-refractivity contribution in [2.45, 2.75) is 37.6 Å². The number of carbonyl (C=O) groups is 2. The number of hydroxylamine groups is 2. The molecule has 3 rings (SSSR count). The Morgan fingerprint density at radius 1 is 1.19 bits per heavy atom. The highest BCUT2D eigenvalue weighted by Crippen LogP contribution is 2.31. The van der Waals surface area contributed by atoms with Crippen molar-refractivity contribution >= 4 is 21.7 Å². The quantitative estimate of drug-likeness (QED) is 0.569. The van der Waals surface area contributed by atoms with Crippen molar-refractivity contribution in [2.75, 3.05) is 64.5 Å². The van der Waals surface area contributed by atoms with Gasteiger partial charge in [0.1, 0.15) is 11.6 Å². The number of aliphatic carboxylic acids is 1. The van der Waals surface area contributed by atoms with E-state index in [0.717, 1.165) is 25.9 Å². The molecule has 0 aromatic heterocycles. The summed E-state index contributed by atoms with van der Waals surface area (Å²) in [4.78, 5) is 31.1. The van der Waals surface area contributed by atoms with Crippen LogP contribution in [0.1, 0.15) is 19.8 Å². The Morgan fingerprint density at radius 2 is 1.81 bits per heavy atom. The summed E-state index contributed by atoms with van der Waals surface area (Å²) in [5, 5.41) is 8.61. The summed E-state index contributed by atoms with van der Waals surface area (Å²) in [5.74, 6) is -2.40. The third-order valence-electron chi connectivity index (χ3n) is 5.57. The molecule has 32 heavy (non-hydrogen) atoms. The molecule has 1 unspecified atom stereocenters. The standard InChI is InChI=1S/C16H29N3O5S.C2HF3O2/c1-3-25(21,22)9-7-18-12-16(13-18)11-17(2)14(10-23-16)15(20)19-6-4-5-8-24-19;3-2(4,5)1(6)7/h14H,3-13H2,1-2H3;(H,6,7). The topological polar surface area (TPSA) is 117 Å². The molecule has 3 aliphatic heterocycles. The van der Waals surface area contributed by atoms with Gasteiger partial charge in [0.25, 0.3) is 5.91 Å². The lowest BCUT2D eigenvalue weighted by molar-refractivity contribution is -0.223. The maximum absolute atomic E-state index is 12.6. The van der Waals surface area contributed by atoms with Crippen molar-refractivity contribution in [3.05, 3.63) is 0 Å². The van der Waals surface area contributed by atoms with Crippen molar-refractivity contribution in [3.8, 4) is 0 Å². The molecule has 3 aliphatic rings. The molecule has 0 saturated carbocycles. The van der Waals surface area contributed by atoms with Crippen LogP contribution in [0.15, 0.2) is 0 Å². The highest BCUT2D eigenvalue weighted by Gasteiger charge is 2.50. The lowest BCUT2D eigenvalue weighted by atomic mass is 9.91. The number of carboxylic acid groups (broad SMARTS) is 1. The van der Waals surface area contributed by atoms with E-state index in [1.54, 1.807) is 6.92 Å². The fourth-order valence-electron chi connectivity index (χ4n) is 3.72. The second-order valence-electron chi connectivity index (χ2n) is 8.16. The zero-order valence-electron chi connectivity index (χ0n) is 18.1. The van der Waals surface area contributed by atoms with E-state index in [4.69, 9.17) is 19.5 Å². The van der Waals surface area contributed by atoms with Crippen LogP contribution in [0.2, 0.25) is 0 Å². The number of sulfone groups is 1. The third-order valence-corrected chi connectivity index (χ3v) is 7.26. The van der Waals surface area contributed by atoms with E-state index in [-0.39, 0.29) is 29.1 Å². The largest absolute Gasteiger partial charge is 0.490 e. The summed E-state index contributed by atoms with van der Waals surface area (Å²) >= 11 is 0. The second-order valence-corrected chi connectivity index (χ2v) is 10.6. The maximum atomic E-state index is 12.6. The number of likely N-dealkylation sites (tertiary alicyclic amines) is 1. The first kappa shape index (κ1) is 26.8. The number of likely N-dealkylation sites (N-methyl/N-ethyl adjacent to an activating group) is 1. The van der Waals surface area contributed by atoms with Crippen molar-refractivity contribution < 1.29 is 45.9 Å². The van der Waals surface area contributed by atoms with Gasteiger partial charge in [0.05, 0.1) is 19.0 Å². The van der Waals surface area contributed by atoms with Crippen molar-refractivity contribution in [3.63, 3.8) is 0 Å². The summed E-state index contributed by atoms with van der Waals surface area (Å²) in [6, 6.07) is -0.307. The van der Waals surface area contributed by atoms with Crippen LogP contribution in [0.25, 0.3) is 0 Å². The SMILES string of the molecule is CCS(=O)(=O)CCN1CC2(C1)CN(C)C(C(=O)N1CCCCO1)CO2.O=C(O)C(F)(F)F. The molecular formula is C18H30F3N3O7S. The molecule has 0 aliphatic carbocycles. The van der Waals surface area contributed by atoms with E-state index in [1.165, 1.54) is 5.06 Å². The number of rotatable bonds is 5. The molecule has 0 aromatic rings. The second kappa shape index (κ2) is 10.6. The maximum Gasteiger partial charge on any atom is 0.490 e. The lowest BCUT2D eigenvalue weighted by Crippen LogP contribution is -2.72. The van der Waals surface area contributed by atoms with Gasteiger partial charge in [0, 0.05) is 38.5 Å².